The van der Waals surface area contributed by atoms with Gasteiger partial charge in [0.25, 0.3) is 11.8 Å². The molecule has 0 bridgehead atoms. The van der Waals surface area contributed by atoms with Gasteiger partial charge in [-0.05, 0) is 23.8 Å². The van der Waals surface area contributed by atoms with E-state index >= 15 is 0 Å². The van der Waals surface area contributed by atoms with Crippen LogP contribution in [0.4, 0.5) is 5.69 Å². The summed E-state index contributed by atoms with van der Waals surface area (Å²) in [5.74, 6) is 0.405. The van der Waals surface area contributed by atoms with Gasteiger partial charge in [0.2, 0.25) is 0 Å². The Hall–Kier alpha value is -2.44. The van der Waals surface area contributed by atoms with E-state index in [-0.39, 0.29) is 17.6 Å². The van der Waals surface area contributed by atoms with E-state index in [4.69, 9.17) is 16.3 Å². The van der Waals surface area contributed by atoms with Crippen molar-refractivity contribution in [1.82, 2.24) is 5.32 Å². The van der Waals surface area contributed by atoms with Crippen LogP contribution in [-0.2, 0) is 16.1 Å². The normalized spacial score (nSPS) is 13.3. The highest BCUT2D eigenvalue weighted by Gasteiger charge is 2.18. The summed E-state index contributed by atoms with van der Waals surface area (Å²) >= 11 is 7.63. The third-order valence-corrected chi connectivity index (χ3v) is 4.84. The molecular weight excluding hydrogens is 372 g/mol. The summed E-state index contributed by atoms with van der Waals surface area (Å²) in [6, 6.07) is 14.1. The molecule has 0 saturated carbocycles. The number of halogens is 1. The van der Waals surface area contributed by atoms with Crippen molar-refractivity contribution in [1.29, 1.82) is 0 Å². The van der Waals surface area contributed by atoms with Crippen molar-refractivity contribution in [3.05, 3.63) is 75.8 Å². The molecule has 134 valence electrons. The van der Waals surface area contributed by atoms with E-state index in [1.54, 1.807) is 35.7 Å². The summed E-state index contributed by atoms with van der Waals surface area (Å²) in [4.78, 5) is 24.9. The van der Waals surface area contributed by atoms with E-state index in [9.17, 15) is 9.59 Å². The Morgan fingerprint density at radius 1 is 1.08 bits per heavy atom. The number of rotatable bonds is 5. The third kappa shape index (κ3) is 4.59. The second-order valence-corrected chi connectivity index (χ2v) is 6.86. The van der Waals surface area contributed by atoms with Crippen molar-refractivity contribution in [3.8, 4) is 0 Å². The van der Waals surface area contributed by atoms with Gasteiger partial charge in [0.15, 0.2) is 5.76 Å². The average Bonchev–Trinajstić information content (AvgIpc) is 2.68. The number of hydrogen-bond donors (Lipinski definition) is 2. The number of anilines is 1. The van der Waals surface area contributed by atoms with E-state index in [0.717, 1.165) is 11.3 Å². The smallest absolute Gasteiger partial charge is 0.291 e. The number of amides is 2. The Morgan fingerprint density at radius 2 is 1.85 bits per heavy atom. The molecule has 0 unspecified atom stereocenters. The second-order valence-electron chi connectivity index (χ2n) is 5.48. The maximum atomic E-state index is 12.6. The number of carbonyl (C=O) groups is 2. The molecule has 5 nitrogen and oxygen atoms in total. The lowest BCUT2D eigenvalue weighted by atomic mass is 10.1. The maximum Gasteiger partial charge on any atom is 0.291 e. The number of ether oxygens (including phenoxy) is 1. The van der Waals surface area contributed by atoms with Crippen molar-refractivity contribution in [2.24, 2.45) is 0 Å². The number of carbonyl (C=O) groups excluding carboxylic acids is 2. The van der Waals surface area contributed by atoms with Crippen LogP contribution in [0.5, 0.6) is 0 Å². The molecule has 1 aliphatic heterocycles. The van der Waals surface area contributed by atoms with Gasteiger partial charge in [-0.3, -0.25) is 9.59 Å². The zero-order chi connectivity index (χ0) is 18.4. The largest absolute Gasteiger partial charge is 0.487 e. The Balaban J connectivity index is 1.70. The quantitative estimate of drug-likeness (QED) is 0.817. The first-order chi connectivity index (χ1) is 12.6. The minimum Gasteiger partial charge on any atom is -0.487 e. The zero-order valence-corrected chi connectivity index (χ0v) is 15.4. The van der Waals surface area contributed by atoms with Crippen molar-refractivity contribution in [2.45, 2.75) is 6.54 Å². The zero-order valence-electron chi connectivity index (χ0n) is 13.8. The molecule has 1 aliphatic rings. The predicted octanol–water partition coefficient (Wildman–Crippen LogP) is 3.81. The molecule has 2 aromatic carbocycles. The predicted molar refractivity (Wildman–Crippen MR) is 104 cm³/mol. The lowest BCUT2D eigenvalue weighted by molar-refractivity contribution is -0.116. The third-order valence-electron chi connectivity index (χ3n) is 3.69. The summed E-state index contributed by atoms with van der Waals surface area (Å²) in [6.45, 7) is 0.787. The van der Waals surface area contributed by atoms with Crippen LogP contribution in [0, 0.1) is 0 Å². The summed E-state index contributed by atoms with van der Waals surface area (Å²) in [5, 5.41) is 7.83. The Labute approximate surface area is 160 Å². The van der Waals surface area contributed by atoms with Crippen LogP contribution in [0.25, 0.3) is 0 Å². The molecule has 2 N–H and O–H groups in total. The fourth-order valence-electron chi connectivity index (χ4n) is 2.37. The van der Waals surface area contributed by atoms with Crippen LogP contribution < -0.4 is 10.6 Å². The van der Waals surface area contributed by atoms with Gasteiger partial charge in [0.1, 0.15) is 0 Å². The van der Waals surface area contributed by atoms with Gasteiger partial charge in [-0.2, -0.15) is 0 Å². The summed E-state index contributed by atoms with van der Waals surface area (Å²) < 4.78 is 5.34. The van der Waals surface area contributed by atoms with Crippen molar-refractivity contribution in [2.75, 3.05) is 17.7 Å². The highest BCUT2D eigenvalue weighted by molar-refractivity contribution is 8.02. The monoisotopic (exact) mass is 388 g/mol. The fraction of sp³-hybridized carbons (Fsp3) is 0.158. The fourth-order valence-corrected chi connectivity index (χ4v) is 3.20. The first-order valence-corrected chi connectivity index (χ1v) is 9.44. The van der Waals surface area contributed by atoms with Gasteiger partial charge >= 0.3 is 0 Å². The number of thioether (sulfide) groups is 1. The van der Waals surface area contributed by atoms with Crippen LogP contribution >= 0.6 is 23.4 Å². The van der Waals surface area contributed by atoms with Crippen LogP contribution in [0.15, 0.2) is 59.7 Å². The molecule has 0 spiro atoms. The molecule has 0 fully saturated rings. The molecule has 0 radical (unpaired) electrons. The molecular formula is C19H17ClN2O3S. The standard InChI is InChI=1S/C19H17ClN2O3S/c20-15-7-3-1-5-13(15)11-21-18(23)14-6-2-4-8-16(14)22-19(24)17-12-26-10-9-25-17/h1-8,12H,9-11H2,(H,21,23)(H,22,24). The summed E-state index contributed by atoms with van der Waals surface area (Å²) in [7, 11) is 0. The molecule has 2 amide bonds. The van der Waals surface area contributed by atoms with Gasteiger partial charge in [-0.1, -0.05) is 41.9 Å². The Kier molecular flexibility index (Phi) is 6.20. The van der Waals surface area contributed by atoms with Gasteiger partial charge in [0, 0.05) is 22.7 Å². The molecule has 0 aliphatic carbocycles. The first-order valence-electron chi connectivity index (χ1n) is 8.01. The van der Waals surface area contributed by atoms with E-state index < -0.39 is 0 Å². The number of benzene rings is 2. The van der Waals surface area contributed by atoms with Crippen LogP contribution in [0.3, 0.4) is 0 Å². The molecule has 26 heavy (non-hydrogen) atoms. The molecule has 3 rings (SSSR count). The number of para-hydroxylation sites is 1. The van der Waals surface area contributed by atoms with E-state index in [1.165, 1.54) is 11.8 Å². The van der Waals surface area contributed by atoms with Crippen molar-refractivity contribution in [3.63, 3.8) is 0 Å². The van der Waals surface area contributed by atoms with Crippen molar-refractivity contribution < 1.29 is 14.3 Å². The molecule has 1 heterocycles. The van der Waals surface area contributed by atoms with Gasteiger partial charge in [-0.25, -0.2) is 0 Å². The van der Waals surface area contributed by atoms with E-state index in [1.807, 2.05) is 18.2 Å². The summed E-state index contributed by atoms with van der Waals surface area (Å²) in [5.41, 5.74) is 1.62. The van der Waals surface area contributed by atoms with Crippen LogP contribution in [0.2, 0.25) is 5.02 Å². The van der Waals surface area contributed by atoms with Gasteiger partial charge in [0.05, 0.1) is 17.9 Å². The molecule has 0 aromatic heterocycles. The molecule has 7 heteroatoms. The maximum absolute atomic E-state index is 12.6. The molecule has 0 atom stereocenters. The van der Waals surface area contributed by atoms with Gasteiger partial charge < -0.3 is 15.4 Å². The lowest BCUT2D eigenvalue weighted by Gasteiger charge is -2.16. The lowest BCUT2D eigenvalue weighted by Crippen LogP contribution is -2.26. The minimum absolute atomic E-state index is 0.257. The minimum atomic E-state index is -0.372. The topological polar surface area (TPSA) is 67.4 Å². The summed E-state index contributed by atoms with van der Waals surface area (Å²) in [6.07, 6.45) is 0. The van der Waals surface area contributed by atoms with Crippen LogP contribution in [-0.4, -0.2) is 24.2 Å². The van der Waals surface area contributed by atoms with Crippen molar-refractivity contribution >= 4 is 40.9 Å². The SMILES string of the molecule is O=C(Nc1ccccc1C(=O)NCc1ccccc1Cl)C1=CSCCO1. The van der Waals surface area contributed by atoms with E-state index in [2.05, 4.69) is 10.6 Å². The molecule has 2 aromatic rings. The van der Waals surface area contributed by atoms with Gasteiger partial charge in [-0.15, -0.1) is 11.8 Å². The number of hydrogen-bond acceptors (Lipinski definition) is 4. The Bertz CT molecular complexity index is 854. The number of nitrogens with one attached hydrogen (secondary N) is 2. The Morgan fingerprint density at radius 3 is 2.62 bits per heavy atom. The first kappa shape index (κ1) is 18.4. The second kappa shape index (κ2) is 8.78. The van der Waals surface area contributed by atoms with E-state index in [0.29, 0.717) is 29.4 Å². The van der Waals surface area contributed by atoms with Crippen LogP contribution in [0.1, 0.15) is 15.9 Å². The highest BCUT2D eigenvalue weighted by atomic mass is 35.5. The highest BCUT2D eigenvalue weighted by Crippen LogP contribution is 2.20. The average molecular weight is 389 g/mol. The molecule has 0 saturated heterocycles.